The fourth-order valence-electron chi connectivity index (χ4n) is 11.2. The normalized spacial score (nSPS) is 12.4. The van der Waals surface area contributed by atoms with E-state index in [9.17, 15) is 76.7 Å². The average molecular weight is 1520 g/mol. The van der Waals surface area contributed by atoms with Crippen molar-refractivity contribution >= 4 is 101 Å². The molecule has 11 aromatic rings. The highest BCUT2D eigenvalue weighted by atomic mass is 16.6. The zero-order chi connectivity index (χ0) is 79.8. The summed E-state index contributed by atoms with van der Waals surface area (Å²) < 4.78 is 56.6. The van der Waals surface area contributed by atoms with E-state index in [4.69, 9.17) is 33.2 Å². The third-order valence-electron chi connectivity index (χ3n) is 17.1. The van der Waals surface area contributed by atoms with E-state index >= 15 is 0 Å². The van der Waals surface area contributed by atoms with Crippen LogP contribution >= 0.6 is 0 Å². The van der Waals surface area contributed by atoms with Crippen LogP contribution in [0.15, 0.2) is 243 Å². The van der Waals surface area contributed by atoms with E-state index in [-0.39, 0.29) is 126 Å². The van der Waals surface area contributed by atoms with Crippen molar-refractivity contribution in [2.24, 2.45) is 0 Å². The van der Waals surface area contributed by atoms with Crippen molar-refractivity contribution in [1.29, 1.82) is 0 Å². The number of rotatable bonds is 18. The smallest absolute Gasteiger partial charge is 0.346 e. The number of amides is 1. The van der Waals surface area contributed by atoms with Crippen LogP contribution in [0.4, 0.5) is 5.69 Å². The molecule has 556 valence electrons. The fraction of sp³-hybridized carbons (Fsp3) is 0.0233. The second-order valence-corrected chi connectivity index (χ2v) is 24.5. The van der Waals surface area contributed by atoms with Crippen molar-refractivity contribution in [2.75, 3.05) is 5.32 Å². The molecule has 4 heterocycles. The molecule has 0 fully saturated rings. The van der Waals surface area contributed by atoms with Gasteiger partial charge in [-0.15, -0.1) is 0 Å². The number of nitrogens with one attached hydrogen (secondary N) is 1. The molecule has 0 radical (unpaired) electrons. The molecule has 4 aliphatic heterocycles. The number of esters is 15. The van der Waals surface area contributed by atoms with Gasteiger partial charge in [0.1, 0.15) is 53.1 Å². The van der Waals surface area contributed by atoms with Crippen molar-refractivity contribution in [1.82, 2.24) is 0 Å². The maximum Gasteiger partial charge on any atom is 0.346 e. The molecule has 0 aromatic heterocycles. The molecule has 0 bridgehead atoms. The molecule has 4 aliphatic rings. The number of para-hydroxylation sites is 1. The quantitative estimate of drug-likeness (QED) is 0.0274. The third-order valence-corrected chi connectivity index (χ3v) is 17.1. The first-order valence-electron chi connectivity index (χ1n) is 33.6. The van der Waals surface area contributed by atoms with Crippen molar-refractivity contribution in [2.45, 2.75) is 13.2 Å². The SMILES string of the molecule is O=C(Nc1ccccc1)c1ccc(COC(=O)c2cc(OC(=O)c3ccc4c(c3)C(=O)OC4=O)ccc2OC(=O)c2ccc3c(c2)C(=O)OC3=O)cc1.O=C(Oc1ccc(C#Cc2ccccc2)cc1)c1ccc(COC(=O)c2cc(OC(=O)c3ccc4c(c3)C(=O)OC4=O)ccc2OC(=O)c2ccc3c(c2)C(=O)OC3=O)cc1. The highest BCUT2D eigenvalue weighted by molar-refractivity contribution is 6.18. The lowest BCUT2D eigenvalue weighted by Crippen LogP contribution is -2.15. The van der Waals surface area contributed by atoms with Gasteiger partial charge in [0, 0.05) is 22.4 Å². The van der Waals surface area contributed by atoms with E-state index in [1.807, 2.05) is 36.4 Å². The van der Waals surface area contributed by atoms with E-state index in [0.29, 0.717) is 28.1 Å². The summed E-state index contributed by atoms with van der Waals surface area (Å²) in [6.07, 6.45) is 0. The van der Waals surface area contributed by atoms with Crippen LogP contribution in [-0.2, 0) is 41.6 Å². The summed E-state index contributed by atoms with van der Waals surface area (Å²) in [6, 6.07) is 58.6. The van der Waals surface area contributed by atoms with Gasteiger partial charge >= 0.3 is 89.5 Å². The maximum absolute atomic E-state index is 13.6. The van der Waals surface area contributed by atoms with E-state index in [1.165, 1.54) is 91.0 Å². The zero-order valence-electron chi connectivity index (χ0n) is 58.0. The molecule has 0 aliphatic carbocycles. The standard InChI is InChI=1S/C47H24O14.C39H21NO13/c48-40(57-32-16-10-27(11-17-32)7-6-26-4-2-1-3-5-26)29-12-8-28(9-13-29)25-56-43(51)38-24-33(58-41(49)30-14-19-34-36(22-30)46(54)60-44(34)52)18-21-39(38)59-42(50)31-15-20-35-37(23-31)47(55)61-45(35)53;41-32(40-24-4-2-1-3-5-24)21-8-6-20(7-9-21)19-49-35(44)30-18-25(50-33(42)22-10-13-26-28(16-22)38(47)52-36(26)45)12-15-31(30)51-34(43)23-11-14-27-29(17-23)39(48)53-37(27)46/h1-5,8-24H,25H2;1-18H,19H2,(H,40,41). The molecule has 11 aromatic carbocycles. The summed E-state index contributed by atoms with van der Waals surface area (Å²) >= 11 is 0. The van der Waals surface area contributed by atoms with Crippen molar-refractivity contribution in [3.05, 3.63) is 354 Å². The summed E-state index contributed by atoms with van der Waals surface area (Å²) in [5, 5.41) is 2.77. The van der Waals surface area contributed by atoms with Crippen molar-refractivity contribution in [3.8, 4) is 40.6 Å². The highest BCUT2D eigenvalue weighted by Gasteiger charge is 2.36. The number of hydrogen-bond acceptors (Lipinski definition) is 27. The maximum atomic E-state index is 13.6. The summed E-state index contributed by atoms with van der Waals surface area (Å²) in [4.78, 5) is 200. The number of anilines is 1. The largest absolute Gasteiger partial charge is 0.457 e. The number of benzene rings is 11. The minimum atomic E-state index is -1.02. The first kappa shape index (κ1) is 74.2. The molecule has 28 heteroatoms. The van der Waals surface area contributed by atoms with Crippen LogP contribution < -0.4 is 29.0 Å². The predicted octanol–water partition coefficient (Wildman–Crippen LogP) is 12.1. The van der Waals surface area contributed by atoms with Gasteiger partial charge in [0.15, 0.2) is 0 Å². The third kappa shape index (κ3) is 16.5. The van der Waals surface area contributed by atoms with E-state index in [2.05, 4.69) is 36.1 Å². The molecule has 114 heavy (non-hydrogen) atoms. The monoisotopic (exact) mass is 1520 g/mol. The lowest BCUT2D eigenvalue weighted by atomic mass is 10.1. The first-order chi connectivity index (χ1) is 55.0. The highest BCUT2D eigenvalue weighted by Crippen LogP contribution is 2.33. The lowest BCUT2D eigenvalue weighted by molar-refractivity contribution is 0.0425. The second-order valence-electron chi connectivity index (χ2n) is 24.5. The number of fused-ring (bicyclic) bond motifs is 4. The molecule has 28 nitrogen and oxygen atoms in total. The Kier molecular flexibility index (Phi) is 20.8. The Morgan fingerprint density at radius 2 is 0.579 bits per heavy atom. The molecule has 15 rings (SSSR count). The molecular weight excluding hydrogens is 1480 g/mol. The number of ether oxygens (including phenoxy) is 11. The van der Waals surface area contributed by atoms with Gasteiger partial charge in [-0.3, -0.25) is 4.79 Å². The van der Waals surface area contributed by atoms with Crippen LogP contribution in [0.25, 0.3) is 0 Å². The summed E-state index contributed by atoms with van der Waals surface area (Å²) in [5.74, 6) is -8.77. The van der Waals surface area contributed by atoms with Crippen LogP contribution in [0.1, 0.15) is 188 Å². The van der Waals surface area contributed by atoms with Gasteiger partial charge in [-0.1, -0.05) is 72.5 Å². The van der Waals surface area contributed by atoms with Gasteiger partial charge in [0.05, 0.1) is 72.3 Å². The van der Waals surface area contributed by atoms with Gasteiger partial charge in [-0.25, -0.2) is 71.9 Å². The van der Waals surface area contributed by atoms with E-state index in [1.54, 1.807) is 72.8 Å². The summed E-state index contributed by atoms with van der Waals surface area (Å²) in [6.45, 7) is -0.594. The molecule has 1 N–H and O–H groups in total. The van der Waals surface area contributed by atoms with E-state index < -0.39 is 89.5 Å². The molecule has 0 unspecified atom stereocenters. The van der Waals surface area contributed by atoms with Crippen molar-refractivity contribution in [3.63, 3.8) is 0 Å². The Hall–Kier alpha value is -16.7. The van der Waals surface area contributed by atoms with Crippen molar-refractivity contribution < 1.29 is 129 Å². The number of carbonyl (C=O) groups excluding carboxylic acids is 16. The fourth-order valence-corrected chi connectivity index (χ4v) is 11.2. The second kappa shape index (κ2) is 32.0. The molecule has 0 spiro atoms. The van der Waals surface area contributed by atoms with Crippen LogP contribution in [0.3, 0.4) is 0 Å². The Balaban J connectivity index is 0.000000191. The molecule has 0 saturated carbocycles. The molecule has 0 saturated heterocycles. The van der Waals surface area contributed by atoms with E-state index in [0.717, 1.165) is 53.6 Å². The van der Waals surface area contributed by atoms with Crippen LogP contribution in [-0.4, -0.2) is 95.4 Å². The van der Waals surface area contributed by atoms with Crippen LogP contribution in [0, 0.1) is 11.8 Å². The summed E-state index contributed by atoms with van der Waals surface area (Å²) in [7, 11) is 0. The lowest BCUT2D eigenvalue weighted by Gasteiger charge is -2.13. The number of carbonyl (C=O) groups is 16. The Morgan fingerprint density at radius 3 is 0.965 bits per heavy atom. The first-order valence-corrected chi connectivity index (χ1v) is 33.6. The van der Waals surface area contributed by atoms with Crippen LogP contribution in [0.5, 0.6) is 28.7 Å². The average Bonchev–Trinajstić information content (AvgIpc) is 1.59. The van der Waals surface area contributed by atoms with Gasteiger partial charge in [-0.2, -0.15) is 0 Å². The number of cyclic esters (lactones) is 8. The minimum absolute atomic E-state index is 0.0142. The minimum Gasteiger partial charge on any atom is -0.457 e. The van der Waals surface area contributed by atoms with Gasteiger partial charge in [0.2, 0.25) is 0 Å². The predicted molar refractivity (Wildman–Crippen MR) is 387 cm³/mol. The molecule has 1 amide bonds. The Morgan fingerprint density at radius 1 is 0.272 bits per heavy atom. The summed E-state index contributed by atoms with van der Waals surface area (Å²) in [5.41, 5.74) is 1.86. The molecular formula is C86H45NO27. The zero-order valence-corrected chi connectivity index (χ0v) is 58.0. The van der Waals surface area contributed by atoms with Gasteiger partial charge in [-0.05, 0) is 193 Å². The van der Waals surface area contributed by atoms with Crippen LogP contribution in [0.2, 0.25) is 0 Å². The molecule has 0 atom stereocenters. The Labute approximate surface area is 640 Å². The Bertz CT molecular complexity index is 6070. The van der Waals surface area contributed by atoms with Gasteiger partial charge in [0.25, 0.3) is 5.91 Å². The number of hydrogen-bond donors (Lipinski definition) is 1. The topological polar surface area (TPSA) is 387 Å². The van der Waals surface area contributed by atoms with Gasteiger partial charge < -0.3 is 57.4 Å².